The molecular weight excluding hydrogens is 427 g/mol. The number of methoxy groups -OCH3 is 1. The molecule has 1 amide bonds. The highest BCUT2D eigenvalue weighted by atomic mass is 35.5. The second-order valence-electron chi connectivity index (χ2n) is 5.71. The third-order valence-electron chi connectivity index (χ3n) is 3.62. The Hall–Kier alpha value is -2.16. The van der Waals surface area contributed by atoms with E-state index < -0.39 is 22.5 Å². The van der Waals surface area contributed by atoms with Gasteiger partial charge in [0.05, 0.1) is 30.6 Å². The molecule has 152 valence electrons. The fourth-order valence-electron chi connectivity index (χ4n) is 2.34. The van der Waals surface area contributed by atoms with E-state index in [9.17, 15) is 13.2 Å². The smallest absolute Gasteiger partial charge is 0.240 e. The summed E-state index contributed by atoms with van der Waals surface area (Å²) in [4.78, 5) is 12.2. The highest BCUT2D eigenvalue weighted by Gasteiger charge is 2.23. The first kappa shape index (κ1) is 22.1. The average Bonchev–Trinajstić information content (AvgIpc) is 2.63. The normalized spacial score (nSPS) is 11.0. The van der Waals surface area contributed by atoms with E-state index in [0.717, 1.165) is 10.6 Å². The van der Waals surface area contributed by atoms with Crippen LogP contribution in [0.5, 0.6) is 11.5 Å². The van der Waals surface area contributed by atoms with Gasteiger partial charge >= 0.3 is 0 Å². The van der Waals surface area contributed by atoms with Crippen LogP contribution in [0.1, 0.15) is 0 Å². The van der Waals surface area contributed by atoms with Crippen molar-refractivity contribution in [1.29, 1.82) is 0 Å². The molecule has 0 saturated heterocycles. The summed E-state index contributed by atoms with van der Waals surface area (Å²) in [6, 6.07) is 11.5. The van der Waals surface area contributed by atoms with Crippen molar-refractivity contribution >= 4 is 44.8 Å². The van der Waals surface area contributed by atoms with Crippen LogP contribution in [0.2, 0.25) is 10.0 Å². The van der Waals surface area contributed by atoms with Crippen LogP contribution in [0.25, 0.3) is 0 Å². The Balaban J connectivity index is 1.95. The summed E-state index contributed by atoms with van der Waals surface area (Å²) in [7, 11) is -2.20. The molecular formula is C18H20Cl2N2O5S. The van der Waals surface area contributed by atoms with Crippen molar-refractivity contribution in [1.82, 2.24) is 5.32 Å². The van der Waals surface area contributed by atoms with Crippen LogP contribution in [-0.2, 0) is 14.8 Å². The van der Waals surface area contributed by atoms with Gasteiger partial charge in [0.1, 0.15) is 13.2 Å². The van der Waals surface area contributed by atoms with Crippen molar-refractivity contribution in [3.05, 3.63) is 52.5 Å². The van der Waals surface area contributed by atoms with Gasteiger partial charge in [0.2, 0.25) is 15.9 Å². The van der Waals surface area contributed by atoms with Crippen molar-refractivity contribution in [3.63, 3.8) is 0 Å². The molecule has 1 N–H and O–H groups in total. The van der Waals surface area contributed by atoms with Crippen molar-refractivity contribution in [2.75, 3.05) is 37.4 Å². The standard InChI is InChI=1S/C18H20Cl2N2O5S/c1-26-16-5-3-4-6-17(16)27-10-9-21-18(23)12-22(28(2,24)25)15-8-7-13(19)11-14(15)20/h3-8,11H,9-10,12H2,1-2H3,(H,21,23). The van der Waals surface area contributed by atoms with Gasteiger partial charge in [-0.3, -0.25) is 9.10 Å². The highest BCUT2D eigenvalue weighted by Crippen LogP contribution is 2.30. The van der Waals surface area contributed by atoms with Crippen molar-refractivity contribution < 1.29 is 22.7 Å². The lowest BCUT2D eigenvalue weighted by Gasteiger charge is -2.23. The maximum atomic E-state index is 12.2. The Labute approximate surface area is 174 Å². The molecule has 0 saturated carbocycles. The average molecular weight is 447 g/mol. The van der Waals surface area contributed by atoms with Crippen LogP contribution < -0.4 is 19.1 Å². The molecule has 0 fully saturated rings. The maximum absolute atomic E-state index is 12.2. The van der Waals surface area contributed by atoms with Gasteiger partial charge in [0, 0.05) is 5.02 Å². The molecule has 0 unspecified atom stereocenters. The van der Waals surface area contributed by atoms with Gasteiger partial charge < -0.3 is 14.8 Å². The SMILES string of the molecule is COc1ccccc1OCCNC(=O)CN(c1ccc(Cl)cc1Cl)S(C)(=O)=O. The zero-order valence-corrected chi connectivity index (χ0v) is 17.6. The molecule has 28 heavy (non-hydrogen) atoms. The minimum atomic E-state index is -3.73. The number of nitrogens with zero attached hydrogens (tertiary/aromatic N) is 1. The summed E-state index contributed by atoms with van der Waals surface area (Å²) in [5.74, 6) is 0.625. The third-order valence-corrected chi connectivity index (χ3v) is 5.28. The Bertz CT molecular complexity index is 937. The fourth-order valence-corrected chi connectivity index (χ4v) is 3.77. The quantitative estimate of drug-likeness (QED) is 0.598. The van der Waals surface area contributed by atoms with Crippen LogP contribution in [0.15, 0.2) is 42.5 Å². The van der Waals surface area contributed by atoms with E-state index in [1.54, 1.807) is 18.2 Å². The minimum Gasteiger partial charge on any atom is -0.493 e. The van der Waals surface area contributed by atoms with Gasteiger partial charge in [-0.15, -0.1) is 0 Å². The Kier molecular flexibility index (Phi) is 7.79. The van der Waals surface area contributed by atoms with Crippen LogP contribution in [0, 0.1) is 0 Å². The second-order valence-corrected chi connectivity index (χ2v) is 8.47. The molecule has 0 heterocycles. The molecule has 0 aliphatic carbocycles. The molecule has 7 nitrogen and oxygen atoms in total. The second kappa shape index (κ2) is 9.86. The molecule has 0 aliphatic rings. The summed E-state index contributed by atoms with van der Waals surface area (Å²) in [6.07, 6.45) is 0.996. The lowest BCUT2D eigenvalue weighted by atomic mass is 10.3. The fraction of sp³-hybridized carbons (Fsp3) is 0.278. The first-order valence-electron chi connectivity index (χ1n) is 8.17. The van der Waals surface area contributed by atoms with Crippen LogP contribution in [-0.4, -0.2) is 47.4 Å². The molecule has 0 bridgehead atoms. The number of sulfonamides is 1. The minimum absolute atomic E-state index is 0.130. The van der Waals surface area contributed by atoms with Gasteiger partial charge in [-0.25, -0.2) is 8.42 Å². The molecule has 0 spiro atoms. The van der Waals surface area contributed by atoms with Gasteiger partial charge in [-0.05, 0) is 30.3 Å². The monoisotopic (exact) mass is 446 g/mol. The van der Waals surface area contributed by atoms with E-state index >= 15 is 0 Å². The molecule has 2 rings (SSSR count). The number of carbonyl (C=O) groups excluding carboxylic acids is 1. The van der Waals surface area contributed by atoms with Gasteiger partial charge in [-0.1, -0.05) is 35.3 Å². The number of rotatable bonds is 9. The summed E-state index contributed by atoms with van der Waals surface area (Å²) in [6.45, 7) is -0.0512. The Morgan fingerprint density at radius 1 is 1.14 bits per heavy atom. The first-order valence-corrected chi connectivity index (χ1v) is 10.8. The maximum Gasteiger partial charge on any atom is 0.240 e. The third kappa shape index (κ3) is 6.19. The Morgan fingerprint density at radius 2 is 1.82 bits per heavy atom. The largest absolute Gasteiger partial charge is 0.493 e. The van der Waals surface area contributed by atoms with Crippen molar-refractivity contribution in [2.24, 2.45) is 0 Å². The molecule has 0 atom stereocenters. The lowest BCUT2D eigenvalue weighted by molar-refractivity contribution is -0.119. The van der Waals surface area contributed by atoms with E-state index in [4.69, 9.17) is 32.7 Å². The molecule has 10 heteroatoms. The number of hydrogen-bond acceptors (Lipinski definition) is 5. The first-order chi connectivity index (χ1) is 13.2. The number of halogens is 2. The number of para-hydroxylation sites is 2. The summed E-state index contributed by atoms with van der Waals surface area (Å²) in [5, 5.41) is 3.10. The number of nitrogens with one attached hydrogen (secondary N) is 1. The molecule has 0 radical (unpaired) electrons. The number of ether oxygens (including phenoxy) is 2. The van der Waals surface area contributed by atoms with E-state index in [1.165, 1.54) is 25.3 Å². The Morgan fingerprint density at radius 3 is 2.43 bits per heavy atom. The molecule has 2 aromatic rings. The summed E-state index contributed by atoms with van der Waals surface area (Å²) >= 11 is 11.9. The van der Waals surface area contributed by atoms with E-state index in [2.05, 4.69) is 5.32 Å². The van der Waals surface area contributed by atoms with Crippen LogP contribution in [0.3, 0.4) is 0 Å². The zero-order chi connectivity index (χ0) is 20.7. The topological polar surface area (TPSA) is 84.9 Å². The molecule has 0 aliphatic heterocycles. The van der Waals surface area contributed by atoms with E-state index in [0.29, 0.717) is 16.5 Å². The van der Waals surface area contributed by atoms with Crippen molar-refractivity contribution in [3.8, 4) is 11.5 Å². The number of carbonyl (C=O) groups is 1. The predicted octanol–water partition coefficient (Wildman–Crippen LogP) is 2.96. The zero-order valence-electron chi connectivity index (χ0n) is 15.3. The number of benzene rings is 2. The number of amides is 1. The van der Waals surface area contributed by atoms with E-state index in [1.807, 2.05) is 6.07 Å². The predicted molar refractivity (Wildman–Crippen MR) is 110 cm³/mol. The molecule has 0 aromatic heterocycles. The summed E-state index contributed by atoms with van der Waals surface area (Å²) < 4.78 is 35.9. The van der Waals surface area contributed by atoms with Gasteiger partial charge in [-0.2, -0.15) is 0 Å². The van der Waals surface area contributed by atoms with Crippen LogP contribution in [0.4, 0.5) is 5.69 Å². The highest BCUT2D eigenvalue weighted by molar-refractivity contribution is 7.92. The van der Waals surface area contributed by atoms with E-state index in [-0.39, 0.29) is 23.9 Å². The summed E-state index contributed by atoms with van der Waals surface area (Å²) in [5.41, 5.74) is 0.175. The number of hydrogen-bond donors (Lipinski definition) is 1. The van der Waals surface area contributed by atoms with Crippen LogP contribution >= 0.6 is 23.2 Å². The number of anilines is 1. The van der Waals surface area contributed by atoms with Crippen molar-refractivity contribution in [2.45, 2.75) is 0 Å². The van der Waals surface area contributed by atoms with Gasteiger partial charge in [0.25, 0.3) is 0 Å². The lowest BCUT2D eigenvalue weighted by Crippen LogP contribution is -2.41. The van der Waals surface area contributed by atoms with Gasteiger partial charge in [0.15, 0.2) is 11.5 Å². The molecule has 2 aromatic carbocycles.